The molecule has 1 unspecified atom stereocenters. The number of carbonyl (C=O) groups excluding carboxylic acids is 1. The van der Waals surface area contributed by atoms with Gasteiger partial charge in [-0.15, -0.1) is 0 Å². The quantitative estimate of drug-likeness (QED) is 0.380. The Morgan fingerprint density at radius 3 is 2.70 bits per heavy atom. The molecule has 0 saturated carbocycles. The largest absolute Gasteiger partial charge is 0.368 e. The number of rotatable bonds is 7. The maximum absolute atomic E-state index is 12.7. The highest BCUT2D eigenvalue weighted by Gasteiger charge is 2.17. The fraction of sp³-hybridized carbons (Fsp3) is 0.273. The van der Waals surface area contributed by atoms with E-state index in [2.05, 4.69) is 47.9 Å². The van der Waals surface area contributed by atoms with Gasteiger partial charge >= 0.3 is 0 Å². The first-order valence-electron chi connectivity index (χ1n) is 10.4. The number of aryl methyl sites for hydroxylation is 2. The van der Waals surface area contributed by atoms with E-state index in [0.717, 1.165) is 22.3 Å². The molecule has 3 N–H and O–H groups in total. The second-order valence-corrected chi connectivity index (χ2v) is 8.08. The Morgan fingerprint density at radius 1 is 1.18 bits per heavy atom. The van der Waals surface area contributed by atoms with Crippen LogP contribution in [0.4, 0.5) is 11.6 Å². The molecule has 0 aliphatic carbocycles. The lowest BCUT2D eigenvalue weighted by molar-refractivity contribution is 0.102. The van der Waals surface area contributed by atoms with E-state index < -0.39 is 5.91 Å². The third-order valence-corrected chi connectivity index (χ3v) is 5.39. The lowest BCUT2D eigenvalue weighted by atomic mass is 10.1. The van der Waals surface area contributed by atoms with E-state index >= 15 is 0 Å². The Morgan fingerprint density at radius 2 is 1.97 bits per heavy atom. The number of carbonyl (C=O) groups is 1. The van der Waals surface area contributed by atoms with Crippen LogP contribution < -0.4 is 16.0 Å². The van der Waals surface area contributed by atoms with Gasteiger partial charge in [-0.05, 0) is 45.2 Å². The summed E-state index contributed by atoms with van der Waals surface area (Å²) in [5, 5.41) is 14.2. The molecule has 0 bridgehead atoms. The number of fused-ring (bicyclic) bond motifs is 1. The van der Waals surface area contributed by atoms with Crippen molar-refractivity contribution < 1.29 is 4.79 Å². The zero-order valence-electron chi connectivity index (χ0n) is 18.7. The molecule has 0 aliphatic heterocycles. The number of anilines is 2. The van der Waals surface area contributed by atoms with E-state index in [9.17, 15) is 4.79 Å². The second kappa shape index (κ2) is 9.47. The molecule has 0 aliphatic rings. The van der Waals surface area contributed by atoms with Crippen molar-refractivity contribution in [2.24, 2.45) is 7.05 Å². The number of pyridine rings is 2. The average molecular weight is 466 g/mol. The molecule has 4 heterocycles. The number of nitrogens with one attached hydrogen (secondary N) is 3. The fourth-order valence-electron chi connectivity index (χ4n) is 3.36. The summed E-state index contributed by atoms with van der Waals surface area (Å²) in [6, 6.07) is 7.05. The zero-order chi connectivity index (χ0) is 23.5. The van der Waals surface area contributed by atoms with Gasteiger partial charge in [0.25, 0.3) is 5.91 Å². The second-order valence-electron chi connectivity index (χ2n) is 7.64. The molecule has 4 aromatic rings. The summed E-state index contributed by atoms with van der Waals surface area (Å²) in [6.45, 7) is 4.60. The Labute approximate surface area is 195 Å². The minimum Gasteiger partial charge on any atom is -0.368 e. The number of halogens is 1. The summed E-state index contributed by atoms with van der Waals surface area (Å²) in [4.78, 5) is 30.3. The van der Waals surface area contributed by atoms with Crippen molar-refractivity contribution in [1.82, 2.24) is 35.0 Å². The molecular formula is C22H24ClN9O. The van der Waals surface area contributed by atoms with Crippen molar-refractivity contribution in [2.75, 3.05) is 24.2 Å². The molecule has 1 atom stereocenters. The van der Waals surface area contributed by atoms with Crippen LogP contribution in [-0.4, -0.2) is 55.3 Å². The van der Waals surface area contributed by atoms with Crippen molar-refractivity contribution in [3.8, 4) is 11.3 Å². The monoisotopic (exact) mass is 465 g/mol. The normalized spacial score (nSPS) is 12.0. The summed E-state index contributed by atoms with van der Waals surface area (Å²) in [6.07, 6.45) is 2.94. The minimum absolute atomic E-state index is 0.220. The third kappa shape index (κ3) is 4.91. The van der Waals surface area contributed by atoms with Crippen LogP contribution in [0.2, 0.25) is 5.02 Å². The molecule has 10 nitrogen and oxygen atoms in total. The number of amides is 1. The molecule has 0 saturated heterocycles. The Bertz CT molecular complexity index is 1300. The topological polar surface area (TPSA) is 123 Å². The first-order valence-corrected chi connectivity index (χ1v) is 10.7. The highest BCUT2D eigenvalue weighted by atomic mass is 35.5. The number of nitrogens with zero attached hydrogens (tertiary/aromatic N) is 6. The Kier molecular flexibility index (Phi) is 6.47. The molecule has 0 fully saturated rings. The van der Waals surface area contributed by atoms with Gasteiger partial charge in [0.05, 0.1) is 16.4 Å². The van der Waals surface area contributed by atoms with Crippen LogP contribution in [0.1, 0.15) is 23.1 Å². The summed E-state index contributed by atoms with van der Waals surface area (Å²) in [5.74, 6) is 0.564. The molecule has 4 rings (SSSR count). The smallest absolute Gasteiger partial charge is 0.275 e. The number of hydrogen-bond acceptors (Lipinski definition) is 8. The van der Waals surface area contributed by atoms with E-state index in [1.165, 1.54) is 12.5 Å². The van der Waals surface area contributed by atoms with Crippen LogP contribution in [0.15, 0.2) is 36.8 Å². The zero-order valence-corrected chi connectivity index (χ0v) is 19.5. The lowest BCUT2D eigenvalue weighted by Gasteiger charge is -2.15. The van der Waals surface area contributed by atoms with Crippen LogP contribution >= 0.6 is 11.6 Å². The molecular weight excluding hydrogens is 442 g/mol. The molecule has 11 heteroatoms. The third-order valence-electron chi connectivity index (χ3n) is 5.17. The van der Waals surface area contributed by atoms with Crippen LogP contribution in [0.3, 0.4) is 0 Å². The first-order chi connectivity index (χ1) is 15.9. The van der Waals surface area contributed by atoms with Gasteiger partial charge in [-0.3, -0.25) is 9.48 Å². The van der Waals surface area contributed by atoms with E-state index in [4.69, 9.17) is 11.6 Å². The highest BCUT2D eigenvalue weighted by molar-refractivity contribution is 6.30. The van der Waals surface area contributed by atoms with Crippen molar-refractivity contribution in [2.45, 2.75) is 19.9 Å². The van der Waals surface area contributed by atoms with Crippen molar-refractivity contribution in [3.05, 3.63) is 53.2 Å². The maximum Gasteiger partial charge on any atom is 0.275 e. The minimum atomic E-state index is -0.393. The average Bonchev–Trinajstić information content (AvgIpc) is 3.11. The summed E-state index contributed by atoms with van der Waals surface area (Å²) in [5.41, 5.74) is 4.07. The SMILES string of the molecule is CNC(C)CNc1cc(-c2ncnc3c(C)nn(C)c23)cc(NC(=O)c2ccc(Cl)cn2)n1. The number of hydrogen-bond donors (Lipinski definition) is 3. The molecule has 0 radical (unpaired) electrons. The van der Waals surface area contributed by atoms with Gasteiger partial charge < -0.3 is 16.0 Å². The van der Waals surface area contributed by atoms with Crippen LogP contribution in [-0.2, 0) is 7.05 Å². The highest BCUT2D eigenvalue weighted by Crippen LogP contribution is 2.29. The summed E-state index contributed by atoms with van der Waals surface area (Å²) >= 11 is 5.88. The summed E-state index contributed by atoms with van der Waals surface area (Å²) < 4.78 is 1.76. The maximum atomic E-state index is 12.7. The van der Waals surface area contributed by atoms with Gasteiger partial charge in [0.1, 0.15) is 34.7 Å². The van der Waals surface area contributed by atoms with Crippen LogP contribution in [0.25, 0.3) is 22.3 Å². The van der Waals surface area contributed by atoms with Crippen molar-refractivity contribution in [1.29, 1.82) is 0 Å². The van der Waals surface area contributed by atoms with E-state index in [0.29, 0.717) is 28.9 Å². The van der Waals surface area contributed by atoms with Gasteiger partial charge in [0, 0.05) is 31.4 Å². The molecule has 0 spiro atoms. The first kappa shape index (κ1) is 22.6. The predicted molar refractivity (Wildman–Crippen MR) is 128 cm³/mol. The van der Waals surface area contributed by atoms with Gasteiger partial charge in [-0.25, -0.2) is 19.9 Å². The van der Waals surface area contributed by atoms with E-state index in [1.807, 2.05) is 27.1 Å². The molecule has 33 heavy (non-hydrogen) atoms. The summed E-state index contributed by atoms with van der Waals surface area (Å²) in [7, 11) is 3.75. The van der Waals surface area contributed by atoms with E-state index in [1.54, 1.807) is 22.9 Å². The van der Waals surface area contributed by atoms with E-state index in [-0.39, 0.29) is 11.7 Å². The van der Waals surface area contributed by atoms with Crippen molar-refractivity contribution in [3.63, 3.8) is 0 Å². The molecule has 0 aromatic carbocycles. The van der Waals surface area contributed by atoms with Gasteiger partial charge in [0.2, 0.25) is 0 Å². The van der Waals surface area contributed by atoms with Crippen LogP contribution in [0, 0.1) is 6.92 Å². The number of likely N-dealkylation sites (N-methyl/N-ethyl adjacent to an activating group) is 1. The number of aromatic nitrogens is 6. The standard InChI is InChI=1S/C22H24ClN9O/c1-12(24-3)9-26-17-7-14(20-21-19(27-11-28-20)13(2)31-32(21)4)8-18(29-17)30-22(33)16-6-5-15(23)10-25-16/h5-8,10-12,24H,9H2,1-4H3,(H2,26,29,30,33). The predicted octanol–water partition coefficient (Wildman–Crippen LogP) is 3.05. The van der Waals surface area contributed by atoms with Gasteiger partial charge in [0.15, 0.2) is 0 Å². The van der Waals surface area contributed by atoms with Gasteiger partial charge in [-0.2, -0.15) is 5.10 Å². The molecule has 4 aromatic heterocycles. The Hall–Kier alpha value is -3.63. The van der Waals surface area contributed by atoms with Crippen molar-refractivity contribution >= 4 is 40.2 Å². The van der Waals surface area contributed by atoms with Crippen LogP contribution in [0.5, 0.6) is 0 Å². The lowest BCUT2D eigenvalue weighted by Crippen LogP contribution is -2.29. The molecule has 1 amide bonds. The van der Waals surface area contributed by atoms with Gasteiger partial charge in [-0.1, -0.05) is 11.6 Å². The fourth-order valence-corrected chi connectivity index (χ4v) is 3.47. The molecule has 170 valence electrons. The Balaban J connectivity index is 1.75.